The zero-order valence-corrected chi connectivity index (χ0v) is 11.2. The van der Waals surface area contributed by atoms with Crippen LogP contribution in [0.3, 0.4) is 0 Å². The van der Waals surface area contributed by atoms with Gasteiger partial charge < -0.3 is 4.90 Å². The van der Waals surface area contributed by atoms with Gasteiger partial charge in [0.2, 0.25) is 5.91 Å². The van der Waals surface area contributed by atoms with E-state index in [1.54, 1.807) is 0 Å². The Morgan fingerprint density at radius 1 is 1.47 bits per heavy atom. The summed E-state index contributed by atoms with van der Waals surface area (Å²) < 4.78 is 0. The van der Waals surface area contributed by atoms with Crippen LogP contribution in [-0.2, 0) is 4.79 Å². The van der Waals surface area contributed by atoms with Crippen molar-refractivity contribution in [3.8, 4) is 0 Å². The lowest BCUT2D eigenvalue weighted by Crippen LogP contribution is -2.37. The first-order valence-electron chi connectivity index (χ1n) is 5.97. The summed E-state index contributed by atoms with van der Waals surface area (Å²) in [6, 6.07) is 0. The van der Waals surface area contributed by atoms with E-state index in [-0.39, 0.29) is 10.7 Å². The maximum atomic E-state index is 11.7. The van der Waals surface area contributed by atoms with E-state index in [0.717, 1.165) is 24.3 Å². The third kappa shape index (κ3) is 2.38. The molecule has 2 fully saturated rings. The van der Waals surface area contributed by atoms with Gasteiger partial charge in [0.25, 0.3) is 0 Å². The number of fused-ring (bicyclic) bond motifs is 2. The maximum absolute atomic E-state index is 11.7. The van der Waals surface area contributed by atoms with Crippen LogP contribution < -0.4 is 0 Å². The molecule has 2 aliphatic rings. The molecule has 0 aromatic heterocycles. The summed E-state index contributed by atoms with van der Waals surface area (Å²) in [6.45, 7) is 2.87. The molecule has 2 rings (SSSR count). The van der Waals surface area contributed by atoms with Gasteiger partial charge in [-0.25, -0.2) is 0 Å². The molecule has 0 heterocycles. The standard InChI is InChI=1S/C12H20BrNO/c1-8(13)12(15)14(2)7-11-6-9-3-4-10(11)5-9/h8-11H,3-7H2,1-2H3. The fourth-order valence-corrected chi connectivity index (χ4v) is 3.70. The molecule has 0 N–H and O–H groups in total. The van der Waals surface area contributed by atoms with E-state index in [4.69, 9.17) is 0 Å². The number of rotatable bonds is 3. The van der Waals surface area contributed by atoms with Gasteiger partial charge in [-0.2, -0.15) is 0 Å². The van der Waals surface area contributed by atoms with E-state index in [0.29, 0.717) is 0 Å². The Morgan fingerprint density at radius 3 is 2.67 bits per heavy atom. The van der Waals surface area contributed by atoms with Crippen LogP contribution >= 0.6 is 15.9 Å². The fourth-order valence-electron chi connectivity index (χ4n) is 3.35. The average Bonchev–Trinajstić information content (AvgIpc) is 2.77. The summed E-state index contributed by atoms with van der Waals surface area (Å²) in [6.07, 6.45) is 5.63. The molecule has 86 valence electrons. The number of alkyl halides is 1. The van der Waals surface area contributed by atoms with Gasteiger partial charge >= 0.3 is 0 Å². The quantitative estimate of drug-likeness (QED) is 0.724. The minimum atomic E-state index is -0.0407. The zero-order valence-electron chi connectivity index (χ0n) is 9.58. The van der Waals surface area contributed by atoms with Gasteiger partial charge in [-0.1, -0.05) is 22.4 Å². The fraction of sp³-hybridized carbons (Fsp3) is 0.917. The predicted octanol–water partition coefficient (Wildman–Crippen LogP) is 2.66. The largest absolute Gasteiger partial charge is 0.345 e. The van der Waals surface area contributed by atoms with E-state index in [9.17, 15) is 4.79 Å². The van der Waals surface area contributed by atoms with Crippen molar-refractivity contribution < 1.29 is 4.79 Å². The lowest BCUT2D eigenvalue weighted by Gasteiger charge is -2.27. The molecule has 0 saturated heterocycles. The number of hydrogen-bond acceptors (Lipinski definition) is 1. The van der Waals surface area contributed by atoms with Crippen LogP contribution in [0, 0.1) is 17.8 Å². The van der Waals surface area contributed by atoms with E-state index in [1.165, 1.54) is 25.7 Å². The molecule has 4 unspecified atom stereocenters. The SMILES string of the molecule is CC(Br)C(=O)N(C)CC1CC2CCC1C2. The van der Waals surface area contributed by atoms with E-state index >= 15 is 0 Å². The van der Waals surface area contributed by atoms with Gasteiger partial charge in [-0.15, -0.1) is 0 Å². The molecular weight excluding hydrogens is 254 g/mol. The normalized spacial score (nSPS) is 35.5. The molecule has 0 aromatic carbocycles. The number of hydrogen-bond donors (Lipinski definition) is 0. The molecule has 4 atom stereocenters. The van der Waals surface area contributed by atoms with Gasteiger partial charge in [-0.3, -0.25) is 4.79 Å². The molecule has 2 bridgehead atoms. The summed E-state index contributed by atoms with van der Waals surface area (Å²) in [7, 11) is 1.94. The minimum absolute atomic E-state index is 0.0407. The number of amides is 1. The summed E-state index contributed by atoms with van der Waals surface area (Å²) in [4.78, 5) is 13.6. The molecule has 0 radical (unpaired) electrons. The van der Waals surface area contributed by atoms with Crippen molar-refractivity contribution in [3.05, 3.63) is 0 Å². The van der Waals surface area contributed by atoms with Crippen molar-refractivity contribution in [2.24, 2.45) is 17.8 Å². The first kappa shape index (κ1) is 11.4. The maximum Gasteiger partial charge on any atom is 0.235 e. The highest BCUT2D eigenvalue weighted by atomic mass is 79.9. The Hall–Kier alpha value is -0.0500. The number of nitrogens with zero attached hydrogens (tertiary/aromatic N) is 1. The molecule has 0 spiro atoms. The van der Waals surface area contributed by atoms with Crippen LogP contribution in [0.2, 0.25) is 0 Å². The van der Waals surface area contributed by atoms with Crippen molar-refractivity contribution in [1.82, 2.24) is 4.90 Å². The molecule has 3 heteroatoms. The van der Waals surface area contributed by atoms with Crippen LogP contribution in [0.1, 0.15) is 32.6 Å². The molecule has 2 nitrogen and oxygen atoms in total. The first-order valence-corrected chi connectivity index (χ1v) is 6.88. The third-order valence-electron chi connectivity index (χ3n) is 4.11. The molecule has 0 aromatic rings. The molecule has 1 amide bonds. The van der Waals surface area contributed by atoms with Crippen LogP contribution in [0.4, 0.5) is 0 Å². The number of carbonyl (C=O) groups is 1. The van der Waals surface area contributed by atoms with Crippen LogP contribution in [-0.4, -0.2) is 29.2 Å². The summed E-state index contributed by atoms with van der Waals surface area (Å²) in [5.74, 6) is 2.89. The smallest absolute Gasteiger partial charge is 0.235 e. The monoisotopic (exact) mass is 273 g/mol. The van der Waals surface area contributed by atoms with E-state index < -0.39 is 0 Å². The summed E-state index contributed by atoms with van der Waals surface area (Å²) in [5, 5.41) is 0. The van der Waals surface area contributed by atoms with Gasteiger partial charge in [0.05, 0.1) is 4.83 Å². The van der Waals surface area contributed by atoms with Gasteiger partial charge in [0.1, 0.15) is 0 Å². The molecule has 2 aliphatic carbocycles. The zero-order chi connectivity index (χ0) is 11.0. The second kappa shape index (κ2) is 4.44. The van der Waals surface area contributed by atoms with Crippen molar-refractivity contribution in [1.29, 1.82) is 0 Å². The lowest BCUT2D eigenvalue weighted by molar-refractivity contribution is -0.129. The second-order valence-electron chi connectivity index (χ2n) is 5.27. The Bertz CT molecular complexity index is 254. The van der Waals surface area contributed by atoms with Crippen molar-refractivity contribution in [2.75, 3.05) is 13.6 Å². The Kier molecular flexibility index (Phi) is 3.39. The third-order valence-corrected chi connectivity index (χ3v) is 4.50. The number of carbonyl (C=O) groups excluding carboxylic acids is 1. The predicted molar refractivity (Wildman–Crippen MR) is 65.0 cm³/mol. The van der Waals surface area contributed by atoms with Gasteiger partial charge in [-0.05, 0) is 43.9 Å². The lowest BCUT2D eigenvalue weighted by atomic mass is 9.88. The highest BCUT2D eigenvalue weighted by Gasteiger charge is 2.40. The summed E-state index contributed by atoms with van der Waals surface area (Å²) >= 11 is 3.34. The first-order chi connectivity index (χ1) is 7.08. The Balaban J connectivity index is 1.84. The highest BCUT2D eigenvalue weighted by Crippen LogP contribution is 2.48. The van der Waals surface area contributed by atoms with Crippen molar-refractivity contribution in [2.45, 2.75) is 37.4 Å². The molecule has 15 heavy (non-hydrogen) atoms. The van der Waals surface area contributed by atoms with E-state index in [2.05, 4.69) is 15.9 Å². The second-order valence-corrected chi connectivity index (χ2v) is 6.64. The van der Waals surface area contributed by atoms with Crippen molar-refractivity contribution in [3.63, 3.8) is 0 Å². The van der Waals surface area contributed by atoms with E-state index in [1.807, 2.05) is 18.9 Å². The average molecular weight is 274 g/mol. The van der Waals surface area contributed by atoms with Crippen LogP contribution in [0.5, 0.6) is 0 Å². The minimum Gasteiger partial charge on any atom is -0.345 e. The molecule has 0 aliphatic heterocycles. The topological polar surface area (TPSA) is 20.3 Å². The van der Waals surface area contributed by atoms with Crippen molar-refractivity contribution >= 4 is 21.8 Å². The Morgan fingerprint density at radius 2 is 2.20 bits per heavy atom. The summed E-state index contributed by atoms with van der Waals surface area (Å²) in [5.41, 5.74) is 0. The van der Waals surface area contributed by atoms with Crippen LogP contribution in [0.15, 0.2) is 0 Å². The van der Waals surface area contributed by atoms with Gasteiger partial charge in [0, 0.05) is 13.6 Å². The Labute approximate surface area is 101 Å². The molecule has 2 saturated carbocycles. The molecular formula is C12H20BrNO. The number of halogens is 1. The van der Waals surface area contributed by atoms with Gasteiger partial charge in [0.15, 0.2) is 0 Å². The highest BCUT2D eigenvalue weighted by molar-refractivity contribution is 9.10. The van der Waals surface area contributed by atoms with Crippen LogP contribution in [0.25, 0.3) is 0 Å².